The van der Waals surface area contributed by atoms with Crippen LogP contribution in [0.3, 0.4) is 0 Å². The molecular weight excluding hydrogens is 284 g/mol. The normalized spacial score (nSPS) is 36.6. The molecule has 3 aliphatic rings. The largest absolute Gasteiger partial charge is 0.392 e. The van der Waals surface area contributed by atoms with Gasteiger partial charge in [0, 0.05) is 36.0 Å². The molecule has 3 saturated heterocycles. The van der Waals surface area contributed by atoms with Crippen molar-refractivity contribution in [3.8, 4) is 0 Å². The second-order valence-electron chi connectivity index (χ2n) is 5.33. The fourth-order valence-corrected chi connectivity index (χ4v) is 5.61. The molecule has 1 spiro atoms. The lowest BCUT2D eigenvalue weighted by Crippen LogP contribution is -2.53. The third kappa shape index (κ3) is 2.70. The van der Waals surface area contributed by atoms with Crippen molar-refractivity contribution in [3.63, 3.8) is 0 Å². The summed E-state index contributed by atoms with van der Waals surface area (Å²) < 4.78 is 11.7. The van der Waals surface area contributed by atoms with Gasteiger partial charge in [0.25, 0.3) is 0 Å². The van der Waals surface area contributed by atoms with Crippen LogP contribution < -0.4 is 0 Å². The molecule has 3 rings (SSSR count). The molecule has 0 saturated carbocycles. The van der Waals surface area contributed by atoms with Gasteiger partial charge in [0.15, 0.2) is 5.79 Å². The summed E-state index contributed by atoms with van der Waals surface area (Å²) in [4.78, 5) is 12.0. The summed E-state index contributed by atoms with van der Waals surface area (Å²) in [5, 5.41) is 10.7. The number of carbonyl (C=O) groups is 1. The van der Waals surface area contributed by atoms with E-state index in [1.807, 2.05) is 11.8 Å². The number of Topliss-reactive ketones (excluding diaryl/α,β-unsaturated/α-hetero) is 1. The van der Waals surface area contributed by atoms with Crippen LogP contribution in [0.15, 0.2) is 0 Å². The summed E-state index contributed by atoms with van der Waals surface area (Å²) in [6.07, 6.45) is 0.764. The van der Waals surface area contributed by atoms with Gasteiger partial charge in [-0.3, -0.25) is 4.79 Å². The number of ether oxygens (including phenoxy) is 2. The van der Waals surface area contributed by atoms with Gasteiger partial charge in [-0.25, -0.2) is 0 Å². The molecule has 0 unspecified atom stereocenters. The monoisotopic (exact) mass is 304 g/mol. The molecule has 0 radical (unpaired) electrons. The van der Waals surface area contributed by atoms with Gasteiger partial charge in [-0.15, -0.1) is 0 Å². The minimum Gasteiger partial charge on any atom is -0.392 e. The number of rotatable bonds is 2. The summed E-state index contributed by atoms with van der Waals surface area (Å²) in [7, 11) is 0. The first kappa shape index (κ1) is 14.2. The Labute approximate surface area is 122 Å². The summed E-state index contributed by atoms with van der Waals surface area (Å²) in [5.74, 6) is 2.68. The van der Waals surface area contributed by atoms with Gasteiger partial charge in [-0.2, -0.15) is 23.5 Å². The zero-order valence-corrected chi connectivity index (χ0v) is 12.5. The van der Waals surface area contributed by atoms with Crippen LogP contribution in [0.2, 0.25) is 0 Å². The van der Waals surface area contributed by atoms with E-state index < -0.39 is 11.9 Å². The molecule has 0 bridgehead atoms. The van der Waals surface area contributed by atoms with E-state index >= 15 is 0 Å². The van der Waals surface area contributed by atoms with E-state index in [0.29, 0.717) is 19.6 Å². The predicted octanol–water partition coefficient (Wildman–Crippen LogP) is 1.17. The Morgan fingerprint density at radius 3 is 2.68 bits per heavy atom. The molecule has 3 fully saturated rings. The fourth-order valence-electron chi connectivity index (χ4n) is 3.16. The van der Waals surface area contributed by atoms with Gasteiger partial charge >= 0.3 is 0 Å². The van der Waals surface area contributed by atoms with E-state index in [-0.39, 0.29) is 17.6 Å². The maximum absolute atomic E-state index is 12.0. The molecule has 6 heteroatoms. The maximum atomic E-state index is 12.0. The van der Waals surface area contributed by atoms with Gasteiger partial charge in [0.05, 0.1) is 25.2 Å². The van der Waals surface area contributed by atoms with Crippen molar-refractivity contribution in [3.05, 3.63) is 0 Å². The first-order chi connectivity index (χ1) is 9.23. The Bertz CT molecular complexity index is 344. The fraction of sp³-hybridized carbons (Fsp3) is 0.923. The van der Waals surface area contributed by atoms with E-state index in [2.05, 4.69) is 0 Å². The summed E-state index contributed by atoms with van der Waals surface area (Å²) in [6, 6.07) is 0. The van der Waals surface area contributed by atoms with Crippen LogP contribution in [0, 0.1) is 11.8 Å². The van der Waals surface area contributed by atoms with Gasteiger partial charge in [-0.05, 0) is 5.75 Å². The van der Waals surface area contributed by atoms with Crippen LogP contribution in [0.1, 0.15) is 12.8 Å². The molecule has 0 aromatic carbocycles. The zero-order valence-electron chi connectivity index (χ0n) is 10.9. The van der Waals surface area contributed by atoms with E-state index in [0.717, 1.165) is 29.4 Å². The number of ketones is 1. The van der Waals surface area contributed by atoms with E-state index in [9.17, 15) is 9.90 Å². The van der Waals surface area contributed by atoms with Crippen molar-refractivity contribution in [1.82, 2.24) is 0 Å². The predicted molar refractivity (Wildman–Crippen MR) is 76.5 cm³/mol. The van der Waals surface area contributed by atoms with E-state index in [1.54, 1.807) is 11.8 Å². The molecule has 108 valence electrons. The molecule has 4 nitrogen and oxygen atoms in total. The lowest BCUT2D eigenvalue weighted by molar-refractivity contribution is -0.217. The molecule has 0 aliphatic carbocycles. The molecule has 3 atom stereocenters. The van der Waals surface area contributed by atoms with Crippen LogP contribution in [0.4, 0.5) is 0 Å². The van der Waals surface area contributed by atoms with Crippen molar-refractivity contribution < 1.29 is 19.4 Å². The molecule has 0 amide bonds. The number of hydrogen-bond acceptors (Lipinski definition) is 6. The molecule has 1 N–H and O–H groups in total. The highest BCUT2D eigenvalue weighted by atomic mass is 32.2. The minimum atomic E-state index is -0.633. The maximum Gasteiger partial charge on any atom is 0.175 e. The molecule has 0 aromatic heterocycles. The lowest BCUT2D eigenvalue weighted by Gasteiger charge is -2.43. The third-order valence-corrected chi connectivity index (χ3v) is 6.44. The highest BCUT2D eigenvalue weighted by Crippen LogP contribution is 2.43. The SMILES string of the molecule is O=C1CCSC[C@H]1[C@H](O)[C@H]1CSCCC12OCCO2. The van der Waals surface area contributed by atoms with Crippen LogP contribution in [0.5, 0.6) is 0 Å². The summed E-state index contributed by atoms with van der Waals surface area (Å²) >= 11 is 3.58. The van der Waals surface area contributed by atoms with E-state index in [4.69, 9.17) is 9.47 Å². The number of carbonyl (C=O) groups excluding carboxylic acids is 1. The molecule has 19 heavy (non-hydrogen) atoms. The van der Waals surface area contributed by atoms with E-state index in [1.165, 1.54) is 0 Å². The van der Waals surface area contributed by atoms with Gasteiger partial charge in [-0.1, -0.05) is 0 Å². The van der Waals surface area contributed by atoms with Gasteiger partial charge < -0.3 is 14.6 Å². The average Bonchev–Trinajstić information content (AvgIpc) is 2.88. The van der Waals surface area contributed by atoms with Gasteiger partial charge in [0.1, 0.15) is 5.78 Å². The Morgan fingerprint density at radius 1 is 1.21 bits per heavy atom. The minimum absolute atomic E-state index is 0.0820. The number of aliphatic hydroxyl groups is 1. The average molecular weight is 304 g/mol. The van der Waals surface area contributed by atoms with Crippen LogP contribution in [-0.4, -0.2) is 59.0 Å². The number of aliphatic hydroxyl groups excluding tert-OH is 1. The van der Waals surface area contributed by atoms with Crippen molar-refractivity contribution in [2.75, 3.05) is 36.2 Å². The highest BCUT2D eigenvalue weighted by Gasteiger charge is 2.51. The smallest absolute Gasteiger partial charge is 0.175 e. The third-order valence-electron chi connectivity index (χ3n) is 4.26. The van der Waals surface area contributed by atoms with Crippen molar-refractivity contribution in [2.24, 2.45) is 11.8 Å². The summed E-state index contributed by atoms with van der Waals surface area (Å²) in [6.45, 7) is 1.20. The second-order valence-corrected chi connectivity index (χ2v) is 7.63. The molecular formula is C13H20O4S2. The van der Waals surface area contributed by atoms with Crippen molar-refractivity contribution in [2.45, 2.75) is 24.7 Å². The van der Waals surface area contributed by atoms with Crippen LogP contribution >= 0.6 is 23.5 Å². The Hall–Kier alpha value is 0.250. The highest BCUT2D eigenvalue weighted by molar-refractivity contribution is 7.99. The molecule has 3 aliphatic heterocycles. The lowest BCUT2D eigenvalue weighted by atomic mass is 9.82. The Morgan fingerprint density at radius 2 is 1.95 bits per heavy atom. The quantitative estimate of drug-likeness (QED) is 0.826. The molecule has 3 heterocycles. The number of thioether (sulfide) groups is 2. The van der Waals surface area contributed by atoms with Crippen molar-refractivity contribution in [1.29, 1.82) is 0 Å². The van der Waals surface area contributed by atoms with Crippen LogP contribution in [-0.2, 0) is 14.3 Å². The Balaban J connectivity index is 1.76. The number of hydrogen-bond donors (Lipinski definition) is 1. The zero-order chi connectivity index (χ0) is 13.3. The van der Waals surface area contributed by atoms with Gasteiger partial charge in [0.2, 0.25) is 0 Å². The molecule has 0 aromatic rings. The topological polar surface area (TPSA) is 55.8 Å². The van der Waals surface area contributed by atoms with Crippen LogP contribution in [0.25, 0.3) is 0 Å². The summed E-state index contributed by atoms with van der Waals surface area (Å²) in [5.41, 5.74) is 0. The van der Waals surface area contributed by atoms with Crippen molar-refractivity contribution >= 4 is 29.3 Å². The Kier molecular flexibility index (Phi) is 4.43. The second kappa shape index (κ2) is 5.93. The first-order valence-electron chi connectivity index (χ1n) is 6.87. The standard InChI is InChI=1S/C13H20O4S2/c14-11-1-5-18-7-9(11)12(15)10-8-19-6-2-13(10)16-3-4-17-13/h9-10,12,15H,1-8H2/t9-,10-,12+/m1/s1. The first-order valence-corrected chi connectivity index (χ1v) is 9.18.